The molecule has 0 aromatic carbocycles. The molecule has 0 saturated heterocycles. The third-order valence-electron chi connectivity index (χ3n) is 1.89. The molecule has 7 heteroatoms. The summed E-state index contributed by atoms with van der Waals surface area (Å²) < 4.78 is 51.2. The van der Waals surface area contributed by atoms with Gasteiger partial charge in [0.25, 0.3) is 5.09 Å². The molecule has 0 aliphatic carbocycles. The zero-order chi connectivity index (χ0) is 11.8. The van der Waals surface area contributed by atoms with E-state index in [2.05, 4.69) is 9.40 Å². The van der Waals surface area contributed by atoms with Crippen LogP contribution in [0.15, 0.2) is 40.2 Å². The van der Waals surface area contributed by atoms with Crippen LogP contribution in [0.1, 0.15) is 0 Å². The number of halogens is 2. The first-order valence-electron chi connectivity index (χ1n) is 4.12. The van der Waals surface area contributed by atoms with Gasteiger partial charge in [-0.1, -0.05) is 3.89 Å². The van der Waals surface area contributed by atoms with E-state index in [-0.39, 0.29) is 11.1 Å². The molecule has 0 spiro atoms. The molecule has 0 unspecified atom stereocenters. The average molecular weight is 245 g/mol. The molecule has 84 valence electrons. The van der Waals surface area contributed by atoms with E-state index in [1.165, 1.54) is 12.1 Å². The topological polar surface area (TPSA) is 60.2 Å². The molecule has 0 radical (unpaired) electrons. The van der Waals surface area contributed by atoms with Gasteiger partial charge in [-0.2, -0.15) is 12.8 Å². The molecule has 4 nitrogen and oxygen atoms in total. The van der Waals surface area contributed by atoms with Crippen molar-refractivity contribution in [3.63, 3.8) is 0 Å². The van der Waals surface area contributed by atoms with E-state index < -0.39 is 21.3 Å². The van der Waals surface area contributed by atoms with Crippen molar-refractivity contribution in [2.75, 3.05) is 0 Å². The first-order chi connectivity index (χ1) is 7.48. The molecule has 2 heterocycles. The van der Waals surface area contributed by atoms with E-state index in [9.17, 15) is 16.7 Å². The zero-order valence-corrected chi connectivity index (χ0v) is 8.54. The fraction of sp³-hybridized carbons (Fsp3) is 0. The summed E-state index contributed by atoms with van der Waals surface area (Å²) >= 11 is 0. The molecule has 0 bridgehead atoms. The summed E-state index contributed by atoms with van der Waals surface area (Å²) in [6, 6.07) is 3.58. The zero-order valence-electron chi connectivity index (χ0n) is 7.72. The number of furan rings is 1. The van der Waals surface area contributed by atoms with E-state index >= 15 is 0 Å². The molecular formula is C9H5F2NO3S. The highest BCUT2D eigenvalue weighted by molar-refractivity contribution is 7.86. The Balaban J connectivity index is 2.58. The Morgan fingerprint density at radius 2 is 2.00 bits per heavy atom. The Bertz CT molecular complexity index is 604. The summed E-state index contributed by atoms with van der Waals surface area (Å²) in [5, 5.41) is -0.805. The number of rotatable bonds is 2. The lowest BCUT2D eigenvalue weighted by Gasteiger charge is -1.98. The molecule has 0 atom stereocenters. The fourth-order valence-electron chi connectivity index (χ4n) is 1.23. The molecule has 16 heavy (non-hydrogen) atoms. The molecule has 0 amide bonds. The second kappa shape index (κ2) is 3.67. The van der Waals surface area contributed by atoms with Crippen molar-refractivity contribution in [1.29, 1.82) is 0 Å². The summed E-state index contributed by atoms with van der Waals surface area (Å²) in [5.41, 5.74) is 0.265. The van der Waals surface area contributed by atoms with E-state index in [1.807, 2.05) is 0 Å². The summed E-state index contributed by atoms with van der Waals surface area (Å²) in [5.74, 6) is -0.711. The Hall–Kier alpha value is -1.76. The average Bonchev–Trinajstić information content (AvgIpc) is 2.66. The highest BCUT2D eigenvalue weighted by Gasteiger charge is 2.22. The number of hydrogen-bond donors (Lipinski definition) is 0. The lowest BCUT2D eigenvalue weighted by atomic mass is 10.1. The standard InChI is InChI=1S/C9H5F2NO3S/c10-8-2-1-6(5-12-8)7-3-4-15-9(7)16(11,13)14/h1-5H. The Kier molecular flexibility index (Phi) is 2.47. The van der Waals surface area contributed by atoms with E-state index in [0.717, 1.165) is 18.5 Å². The Morgan fingerprint density at radius 3 is 2.56 bits per heavy atom. The van der Waals surface area contributed by atoms with Gasteiger partial charge in [0.2, 0.25) is 5.95 Å². The van der Waals surface area contributed by atoms with Gasteiger partial charge in [0.1, 0.15) is 0 Å². The van der Waals surface area contributed by atoms with Crippen LogP contribution in [0.4, 0.5) is 8.28 Å². The Morgan fingerprint density at radius 1 is 1.25 bits per heavy atom. The predicted molar refractivity (Wildman–Crippen MR) is 50.2 cm³/mol. The molecule has 0 aliphatic rings. The molecular weight excluding hydrogens is 240 g/mol. The molecule has 0 fully saturated rings. The van der Waals surface area contributed by atoms with Gasteiger partial charge in [-0.25, -0.2) is 4.98 Å². The Labute approximate surface area is 89.8 Å². The van der Waals surface area contributed by atoms with Gasteiger partial charge in [0.05, 0.1) is 6.26 Å². The highest BCUT2D eigenvalue weighted by Crippen LogP contribution is 2.29. The second-order valence-corrected chi connectivity index (χ2v) is 4.18. The monoisotopic (exact) mass is 245 g/mol. The van der Waals surface area contributed by atoms with E-state index in [0.29, 0.717) is 0 Å². The van der Waals surface area contributed by atoms with Crippen LogP contribution in [0.25, 0.3) is 11.1 Å². The highest BCUT2D eigenvalue weighted by atomic mass is 32.3. The van der Waals surface area contributed by atoms with Gasteiger partial charge in [-0.3, -0.25) is 0 Å². The van der Waals surface area contributed by atoms with Crippen LogP contribution in [-0.4, -0.2) is 13.4 Å². The number of pyridine rings is 1. The van der Waals surface area contributed by atoms with Crippen LogP contribution in [0.2, 0.25) is 0 Å². The van der Waals surface area contributed by atoms with Crippen LogP contribution in [0, 0.1) is 5.95 Å². The predicted octanol–water partition coefficient (Wildman–Crippen LogP) is 2.14. The number of hydrogen-bond acceptors (Lipinski definition) is 4. The van der Waals surface area contributed by atoms with Crippen LogP contribution in [0.3, 0.4) is 0 Å². The smallest absolute Gasteiger partial charge is 0.366 e. The van der Waals surface area contributed by atoms with Gasteiger partial charge in [-0.15, -0.1) is 0 Å². The minimum atomic E-state index is -4.94. The van der Waals surface area contributed by atoms with E-state index in [1.54, 1.807) is 0 Å². The van der Waals surface area contributed by atoms with Crippen molar-refractivity contribution in [2.45, 2.75) is 5.09 Å². The molecule has 2 aromatic rings. The summed E-state index contributed by atoms with van der Waals surface area (Å²) in [6.45, 7) is 0. The molecule has 2 rings (SSSR count). The summed E-state index contributed by atoms with van der Waals surface area (Å²) in [6.07, 6.45) is 2.13. The largest absolute Gasteiger partial charge is 0.450 e. The van der Waals surface area contributed by atoms with Crippen molar-refractivity contribution < 1.29 is 21.1 Å². The molecule has 0 aliphatic heterocycles. The number of nitrogens with zero attached hydrogens (tertiary/aromatic N) is 1. The van der Waals surface area contributed by atoms with Gasteiger partial charge in [0, 0.05) is 17.3 Å². The maximum Gasteiger partial charge on any atom is 0.366 e. The van der Waals surface area contributed by atoms with Crippen LogP contribution in [-0.2, 0) is 10.2 Å². The maximum atomic E-state index is 12.8. The normalized spacial score (nSPS) is 11.6. The second-order valence-electron chi connectivity index (χ2n) is 2.93. The van der Waals surface area contributed by atoms with Crippen LogP contribution in [0.5, 0.6) is 0 Å². The van der Waals surface area contributed by atoms with Gasteiger partial charge >= 0.3 is 10.2 Å². The van der Waals surface area contributed by atoms with Crippen LogP contribution < -0.4 is 0 Å². The minimum Gasteiger partial charge on any atom is -0.450 e. The molecule has 2 aromatic heterocycles. The SMILES string of the molecule is O=S(=O)(F)c1occc1-c1ccc(F)nc1. The molecule has 0 N–H and O–H groups in total. The lowest BCUT2D eigenvalue weighted by molar-refractivity contribution is 0.436. The van der Waals surface area contributed by atoms with Crippen molar-refractivity contribution in [1.82, 2.24) is 4.98 Å². The summed E-state index contributed by atoms with van der Waals surface area (Å²) in [4.78, 5) is 3.33. The summed E-state index contributed by atoms with van der Waals surface area (Å²) in [7, 11) is -4.94. The van der Waals surface area contributed by atoms with Gasteiger partial charge in [-0.05, 0) is 18.2 Å². The van der Waals surface area contributed by atoms with Gasteiger partial charge in [0.15, 0.2) is 0 Å². The van der Waals surface area contributed by atoms with Gasteiger partial charge < -0.3 is 4.42 Å². The van der Waals surface area contributed by atoms with Crippen molar-refractivity contribution in [3.05, 3.63) is 36.6 Å². The lowest BCUT2D eigenvalue weighted by Crippen LogP contribution is -1.92. The van der Waals surface area contributed by atoms with Crippen molar-refractivity contribution in [2.24, 2.45) is 0 Å². The first kappa shape index (κ1) is 10.7. The van der Waals surface area contributed by atoms with E-state index in [4.69, 9.17) is 0 Å². The quantitative estimate of drug-likeness (QED) is 0.600. The molecule has 0 saturated carbocycles. The maximum absolute atomic E-state index is 12.8. The number of aromatic nitrogens is 1. The first-order valence-corrected chi connectivity index (χ1v) is 5.51. The minimum absolute atomic E-state index is 0.00926. The van der Waals surface area contributed by atoms with Crippen LogP contribution >= 0.6 is 0 Å². The fourth-order valence-corrected chi connectivity index (χ4v) is 1.85. The van der Waals surface area contributed by atoms with Crippen molar-refractivity contribution >= 4 is 10.2 Å². The third kappa shape index (κ3) is 1.94. The van der Waals surface area contributed by atoms with Crippen molar-refractivity contribution in [3.8, 4) is 11.1 Å². The third-order valence-corrected chi connectivity index (χ3v) is 2.65.